The highest BCUT2D eigenvalue weighted by Crippen LogP contribution is 2.31. The molecular formula is C33H44N2O5S. The van der Waals surface area contributed by atoms with E-state index in [0.29, 0.717) is 19.5 Å². The van der Waals surface area contributed by atoms with Crippen molar-refractivity contribution in [1.29, 1.82) is 0 Å². The summed E-state index contributed by atoms with van der Waals surface area (Å²) in [6.45, 7) is 9.50. The van der Waals surface area contributed by atoms with Crippen LogP contribution in [0.2, 0.25) is 0 Å². The van der Waals surface area contributed by atoms with Gasteiger partial charge in [-0.2, -0.15) is 8.42 Å². The van der Waals surface area contributed by atoms with Crippen molar-refractivity contribution in [3.05, 3.63) is 83.9 Å². The molecule has 0 aromatic heterocycles. The molecule has 0 aliphatic rings. The highest BCUT2D eigenvalue weighted by atomic mass is 32.2. The maximum Gasteiger partial charge on any atom is 0.261 e. The number of benzene rings is 4. The molecule has 0 atom stereocenters. The molecule has 0 fully saturated rings. The molecule has 4 rings (SSSR count). The molecule has 0 radical (unpaired) electrons. The van der Waals surface area contributed by atoms with Gasteiger partial charge in [0.25, 0.3) is 10.1 Å². The van der Waals surface area contributed by atoms with Crippen LogP contribution in [-0.4, -0.2) is 58.6 Å². The first-order valence-corrected chi connectivity index (χ1v) is 16.3. The molecule has 0 spiro atoms. The van der Waals surface area contributed by atoms with Crippen molar-refractivity contribution >= 4 is 31.7 Å². The van der Waals surface area contributed by atoms with Gasteiger partial charge in [0.05, 0.1) is 19.5 Å². The maximum atomic E-state index is 9.19. The Morgan fingerprint density at radius 3 is 1.41 bits per heavy atom. The van der Waals surface area contributed by atoms with Crippen LogP contribution >= 0.6 is 0 Å². The topological polar surface area (TPSA) is 96.9 Å². The van der Waals surface area contributed by atoms with Crippen LogP contribution in [-0.2, 0) is 23.0 Å². The summed E-state index contributed by atoms with van der Waals surface area (Å²) in [4.78, 5) is 0. The summed E-state index contributed by atoms with van der Waals surface area (Å²) >= 11 is 0. The first kappa shape index (κ1) is 32.3. The second kappa shape index (κ2) is 16.9. The summed E-state index contributed by atoms with van der Waals surface area (Å²) in [5.74, 6) is 2.08. The van der Waals surface area contributed by atoms with Gasteiger partial charge in [-0.25, -0.2) is 0 Å². The Balaban J connectivity index is 0.000000850. The third-order valence-corrected chi connectivity index (χ3v) is 6.60. The molecule has 0 unspecified atom stereocenters. The molecule has 0 saturated heterocycles. The SMILES string of the molecule is CCOc1c(CCNCCCCNCCc2ccc3ccccc3c2OCC)ccc2ccccc12.CS(=O)(=O)O. The fourth-order valence-corrected chi connectivity index (χ4v) is 4.80. The Morgan fingerprint density at radius 1 is 0.634 bits per heavy atom. The zero-order chi connectivity index (χ0) is 29.5. The van der Waals surface area contributed by atoms with Crippen molar-refractivity contribution in [3.63, 3.8) is 0 Å². The first-order chi connectivity index (χ1) is 19.8. The van der Waals surface area contributed by atoms with E-state index >= 15 is 0 Å². The molecule has 0 aliphatic heterocycles. The number of hydrogen-bond donors (Lipinski definition) is 3. The lowest BCUT2D eigenvalue weighted by Gasteiger charge is -2.14. The van der Waals surface area contributed by atoms with Gasteiger partial charge in [0.15, 0.2) is 0 Å². The van der Waals surface area contributed by atoms with E-state index in [0.717, 1.165) is 50.5 Å². The number of nitrogens with one attached hydrogen (secondary N) is 2. The van der Waals surface area contributed by atoms with Crippen molar-refractivity contribution in [2.45, 2.75) is 39.5 Å². The fraction of sp³-hybridized carbons (Fsp3) is 0.394. The highest BCUT2D eigenvalue weighted by molar-refractivity contribution is 7.85. The van der Waals surface area contributed by atoms with E-state index in [4.69, 9.17) is 14.0 Å². The van der Waals surface area contributed by atoms with Crippen molar-refractivity contribution in [2.75, 3.05) is 45.6 Å². The van der Waals surface area contributed by atoms with Crippen LogP contribution in [0, 0.1) is 0 Å². The molecule has 41 heavy (non-hydrogen) atoms. The van der Waals surface area contributed by atoms with Gasteiger partial charge in [0.1, 0.15) is 11.5 Å². The first-order valence-electron chi connectivity index (χ1n) is 14.4. The molecule has 4 aromatic carbocycles. The summed E-state index contributed by atoms with van der Waals surface area (Å²) in [7, 11) is -3.67. The van der Waals surface area contributed by atoms with Crippen LogP contribution in [0.3, 0.4) is 0 Å². The Morgan fingerprint density at radius 2 is 1.02 bits per heavy atom. The Labute approximate surface area is 245 Å². The van der Waals surface area contributed by atoms with E-state index in [1.807, 2.05) is 0 Å². The zero-order valence-corrected chi connectivity index (χ0v) is 25.3. The van der Waals surface area contributed by atoms with E-state index in [1.54, 1.807) is 0 Å². The lowest BCUT2D eigenvalue weighted by molar-refractivity contribution is 0.340. The van der Waals surface area contributed by atoms with Crippen molar-refractivity contribution in [3.8, 4) is 11.5 Å². The van der Waals surface area contributed by atoms with E-state index in [9.17, 15) is 8.42 Å². The van der Waals surface area contributed by atoms with Gasteiger partial charge in [0.2, 0.25) is 0 Å². The standard InChI is InChI=1S/C32H40N2O2.CH4O3S/c1-3-35-31-27(17-15-25-11-5-7-13-29(25)31)19-23-33-21-9-10-22-34-24-20-28-18-16-26-12-6-8-14-30(26)32(28)36-4-2;1-5(2,3)4/h5-8,11-18,33-34H,3-4,9-10,19-24H2,1-2H3;1H3,(H,2,3,4). The largest absolute Gasteiger partial charge is 0.493 e. The van der Waals surface area contributed by atoms with Gasteiger partial charge >= 0.3 is 0 Å². The molecule has 4 aromatic rings. The summed E-state index contributed by atoms with van der Waals surface area (Å²) in [5.41, 5.74) is 2.56. The average Bonchev–Trinajstić information content (AvgIpc) is 2.95. The number of unbranched alkanes of at least 4 members (excludes halogenated alkanes) is 1. The predicted octanol–water partition coefficient (Wildman–Crippen LogP) is 6.04. The molecule has 8 heteroatoms. The van der Waals surface area contributed by atoms with Crippen LogP contribution in [0.1, 0.15) is 37.8 Å². The van der Waals surface area contributed by atoms with Crippen LogP contribution in [0.4, 0.5) is 0 Å². The van der Waals surface area contributed by atoms with Gasteiger partial charge in [-0.1, -0.05) is 72.8 Å². The van der Waals surface area contributed by atoms with Crippen molar-refractivity contribution < 1.29 is 22.4 Å². The fourth-order valence-electron chi connectivity index (χ4n) is 4.80. The minimum absolute atomic E-state index is 0.690. The normalized spacial score (nSPS) is 11.3. The molecule has 3 N–H and O–H groups in total. The predicted molar refractivity (Wildman–Crippen MR) is 170 cm³/mol. The lowest BCUT2D eigenvalue weighted by Crippen LogP contribution is -2.22. The van der Waals surface area contributed by atoms with E-state index < -0.39 is 10.1 Å². The second-order valence-corrected chi connectivity index (χ2v) is 11.3. The highest BCUT2D eigenvalue weighted by Gasteiger charge is 2.09. The Hall–Kier alpha value is -3.17. The minimum atomic E-state index is -3.67. The van der Waals surface area contributed by atoms with E-state index in [1.165, 1.54) is 45.5 Å². The summed E-state index contributed by atoms with van der Waals surface area (Å²) in [6, 6.07) is 25.8. The molecule has 0 aliphatic carbocycles. The molecular weight excluding hydrogens is 536 g/mol. The average molecular weight is 581 g/mol. The number of fused-ring (bicyclic) bond motifs is 2. The van der Waals surface area contributed by atoms with Crippen LogP contribution < -0.4 is 20.1 Å². The van der Waals surface area contributed by atoms with Crippen LogP contribution in [0.25, 0.3) is 21.5 Å². The minimum Gasteiger partial charge on any atom is -0.493 e. The van der Waals surface area contributed by atoms with Crippen LogP contribution in [0.5, 0.6) is 11.5 Å². The Bertz CT molecular complexity index is 1370. The quantitative estimate of drug-likeness (QED) is 0.117. The summed E-state index contributed by atoms with van der Waals surface area (Å²) in [5, 5.41) is 12.1. The maximum absolute atomic E-state index is 9.19. The van der Waals surface area contributed by atoms with E-state index in [-0.39, 0.29) is 0 Å². The number of hydrogen-bond acceptors (Lipinski definition) is 6. The third-order valence-electron chi connectivity index (χ3n) is 6.60. The molecule has 7 nitrogen and oxygen atoms in total. The van der Waals surface area contributed by atoms with Gasteiger partial charge < -0.3 is 20.1 Å². The molecule has 0 bridgehead atoms. The van der Waals surface area contributed by atoms with Crippen molar-refractivity contribution in [1.82, 2.24) is 10.6 Å². The monoisotopic (exact) mass is 580 g/mol. The number of ether oxygens (including phenoxy) is 2. The zero-order valence-electron chi connectivity index (χ0n) is 24.5. The molecule has 0 saturated carbocycles. The second-order valence-electron chi connectivity index (χ2n) is 9.86. The van der Waals surface area contributed by atoms with Gasteiger partial charge in [-0.05, 0) is 87.6 Å². The lowest BCUT2D eigenvalue weighted by atomic mass is 10.0. The van der Waals surface area contributed by atoms with E-state index in [2.05, 4.69) is 97.3 Å². The summed E-state index contributed by atoms with van der Waals surface area (Å²) < 4.78 is 37.9. The molecule has 222 valence electrons. The number of rotatable bonds is 15. The molecule has 0 heterocycles. The Kier molecular flexibility index (Phi) is 13.4. The molecule has 0 amide bonds. The third kappa shape index (κ3) is 11.0. The van der Waals surface area contributed by atoms with Crippen molar-refractivity contribution in [2.24, 2.45) is 0 Å². The smallest absolute Gasteiger partial charge is 0.261 e. The van der Waals surface area contributed by atoms with Gasteiger partial charge in [0, 0.05) is 10.8 Å². The van der Waals surface area contributed by atoms with Gasteiger partial charge in [-0.3, -0.25) is 4.55 Å². The van der Waals surface area contributed by atoms with Crippen LogP contribution in [0.15, 0.2) is 72.8 Å². The summed E-state index contributed by atoms with van der Waals surface area (Å²) in [6.07, 6.45) is 5.01. The van der Waals surface area contributed by atoms with Gasteiger partial charge in [-0.15, -0.1) is 0 Å².